The number of hydrogen-bond acceptors (Lipinski definition) is 4. The predicted molar refractivity (Wildman–Crippen MR) is 74.8 cm³/mol. The van der Waals surface area contributed by atoms with E-state index in [0.29, 0.717) is 19.1 Å². The number of methoxy groups -OCH3 is 1. The quantitative estimate of drug-likeness (QED) is 0.793. The fourth-order valence-corrected chi connectivity index (χ4v) is 3.04. The lowest BCUT2D eigenvalue weighted by molar-refractivity contribution is -0.128. The summed E-state index contributed by atoms with van der Waals surface area (Å²) < 4.78 is 4.99. The molecule has 0 spiro atoms. The lowest BCUT2D eigenvalue weighted by Crippen LogP contribution is -2.41. The number of rotatable bonds is 6. The van der Waals surface area contributed by atoms with Crippen molar-refractivity contribution in [3.05, 3.63) is 0 Å². The molecule has 5 nitrogen and oxygen atoms in total. The first-order chi connectivity index (χ1) is 9.22. The fraction of sp³-hybridized carbons (Fsp3) is 0.857. The van der Waals surface area contributed by atoms with Crippen molar-refractivity contribution >= 4 is 11.9 Å². The minimum Gasteiger partial charge on any atom is -0.383 e. The van der Waals surface area contributed by atoms with E-state index in [2.05, 4.69) is 4.99 Å². The molecular formula is C14H25N3O2. The van der Waals surface area contributed by atoms with E-state index in [1.165, 1.54) is 32.1 Å². The second kappa shape index (κ2) is 6.89. The van der Waals surface area contributed by atoms with Gasteiger partial charge in [0.2, 0.25) is 0 Å². The summed E-state index contributed by atoms with van der Waals surface area (Å²) in [6, 6.07) is -0.251. The van der Waals surface area contributed by atoms with Crippen LogP contribution in [0.2, 0.25) is 0 Å². The molecule has 0 aromatic heterocycles. The highest BCUT2D eigenvalue weighted by molar-refractivity contribution is 6.04. The van der Waals surface area contributed by atoms with Crippen LogP contribution >= 0.6 is 0 Å². The van der Waals surface area contributed by atoms with E-state index in [1.54, 1.807) is 12.0 Å². The molecule has 0 aromatic rings. The van der Waals surface area contributed by atoms with Crippen molar-refractivity contribution in [2.24, 2.45) is 16.6 Å². The van der Waals surface area contributed by atoms with Gasteiger partial charge in [-0.25, -0.2) is 4.99 Å². The Hall–Kier alpha value is -1.10. The van der Waals surface area contributed by atoms with Crippen LogP contribution in [0.1, 0.15) is 44.9 Å². The second-order valence-corrected chi connectivity index (χ2v) is 5.57. The Balaban J connectivity index is 1.79. The Morgan fingerprint density at radius 3 is 2.74 bits per heavy atom. The molecule has 1 aliphatic heterocycles. The number of aliphatic imine (C=N–C) groups is 1. The van der Waals surface area contributed by atoms with Gasteiger partial charge in [-0.2, -0.15) is 0 Å². The molecule has 0 radical (unpaired) electrons. The van der Waals surface area contributed by atoms with Crippen molar-refractivity contribution < 1.29 is 9.53 Å². The lowest BCUT2D eigenvalue weighted by atomic mass is 9.85. The molecule has 0 aromatic carbocycles. The molecule has 2 rings (SSSR count). The maximum atomic E-state index is 12.2. The molecule has 1 aliphatic carbocycles. The van der Waals surface area contributed by atoms with E-state index in [0.717, 1.165) is 18.8 Å². The smallest absolute Gasteiger partial charge is 0.254 e. The van der Waals surface area contributed by atoms with Crippen LogP contribution < -0.4 is 5.73 Å². The first-order valence-corrected chi connectivity index (χ1v) is 7.36. The molecule has 1 saturated carbocycles. The SMILES string of the molecule is COCCN1C(=O)C(CCC2CCCCC2)N=C1N. The van der Waals surface area contributed by atoms with Crippen molar-refractivity contribution in [2.45, 2.75) is 51.0 Å². The van der Waals surface area contributed by atoms with E-state index < -0.39 is 0 Å². The Labute approximate surface area is 115 Å². The van der Waals surface area contributed by atoms with Gasteiger partial charge in [0.05, 0.1) is 13.2 Å². The molecule has 19 heavy (non-hydrogen) atoms. The van der Waals surface area contributed by atoms with Crippen molar-refractivity contribution in [3.8, 4) is 0 Å². The molecular weight excluding hydrogens is 242 g/mol. The number of amides is 1. The number of nitrogens with zero attached hydrogens (tertiary/aromatic N) is 2. The van der Waals surface area contributed by atoms with Gasteiger partial charge in [0.15, 0.2) is 5.96 Å². The van der Waals surface area contributed by atoms with Crippen molar-refractivity contribution in [1.29, 1.82) is 0 Å². The Kier molecular flexibility index (Phi) is 5.19. The van der Waals surface area contributed by atoms with Crippen LogP contribution in [0, 0.1) is 5.92 Å². The number of ether oxygens (including phenoxy) is 1. The van der Waals surface area contributed by atoms with Gasteiger partial charge in [0.1, 0.15) is 6.04 Å². The number of carbonyl (C=O) groups is 1. The summed E-state index contributed by atoms with van der Waals surface area (Å²) in [6.07, 6.45) is 8.62. The first-order valence-electron chi connectivity index (χ1n) is 7.36. The Morgan fingerprint density at radius 1 is 1.32 bits per heavy atom. The van der Waals surface area contributed by atoms with E-state index in [4.69, 9.17) is 10.5 Å². The minimum atomic E-state index is -0.251. The number of carbonyl (C=O) groups excluding carboxylic acids is 1. The average molecular weight is 267 g/mol. The molecule has 1 heterocycles. The van der Waals surface area contributed by atoms with Crippen LogP contribution in [0.4, 0.5) is 0 Å². The van der Waals surface area contributed by atoms with E-state index in [-0.39, 0.29) is 11.9 Å². The van der Waals surface area contributed by atoms with Gasteiger partial charge < -0.3 is 10.5 Å². The third-order valence-corrected chi connectivity index (χ3v) is 4.21. The third-order valence-electron chi connectivity index (χ3n) is 4.21. The van der Waals surface area contributed by atoms with Crippen molar-refractivity contribution in [2.75, 3.05) is 20.3 Å². The summed E-state index contributed by atoms with van der Waals surface area (Å²) in [5, 5.41) is 0. The zero-order valence-electron chi connectivity index (χ0n) is 11.8. The number of nitrogens with two attached hydrogens (primary N) is 1. The van der Waals surface area contributed by atoms with E-state index in [9.17, 15) is 4.79 Å². The largest absolute Gasteiger partial charge is 0.383 e. The van der Waals surface area contributed by atoms with Gasteiger partial charge in [-0.1, -0.05) is 32.1 Å². The molecule has 0 saturated heterocycles. The summed E-state index contributed by atoms with van der Waals surface area (Å²) >= 11 is 0. The lowest BCUT2D eigenvalue weighted by Gasteiger charge is -2.22. The number of hydrogen-bond donors (Lipinski definition) is 1. The highest BCUT2D eigenvalue weighted by Gasteiger charge is 2.33. The minimum absolute atomic E-state index is 0.0466. The van der Waals surface area contributed by atoms with Crippen LogP contribution in [0.15, 0.2) is 4.99 Å². The van der Waals surface area contributed by atoms with Crippen LogP contribution in [0.25, 0.3) is 0 Å². The zero-order valence-corrected chi connectivity index (χ0v) is 11.8. The normalized spacial score (nSPS) is 24.9. The first kappa shape index (κ1) is 14.3. The third kappa shape index (κ3) is 3.69. The second-order valence-electron chi connectivity index (χ2n) is 5.57. The zero-order chi connectivity index (χ0) is 13.7. The van der Waals surface area contributed by atoms with Crippen LogP contribution in [0.5, 0.6) is 0 Å². The summed E-state index contributed by atoms with van der Waals surface area (Å²) in [4.78, 5) is 18.0. The summed E-state index contributed by atoms with van der Waals surface area (Å²) in [5.41, 5.74) is 5.81. The Bertz CT molecular complexity index is 338. The standard InChI is InChI=1S/C14H25N3O2/c1-19-10-9-17-13(18)12(16-14(17)15)8-7-11-5-3-2-4-6-11/h11-12H,2-10H2,1H3,(H2,15,16). The molecule has 1 unspecified atom stereocenters. The van der Waals surface area contributed by atoms with E-state index >= 15 is 0 Å². The van der Waals surface area contributed by atoms with Crippen LogP contribution in [-0.4, -0.2) is 43.1 Å². The molecule has 1 atom stereocenters. The summed E-state index contributed by atoms with van der Waals surface area (Å²) in [6.45, 7) is 1.00. The molecule has 2 N–H and O–H groups in total. The molecule has 1 fully saturated rings. The van der Waals surface area contributed by atoms with Gasteiger partial charge >= 0.3 is 0 Å². The number of guanidine groups is 1. The highest BCUT2D eigenvalue weighted by Crippen LogP contribution is 2.29. The molecule has 2 aliphatic rings. The monoisotopic (exact) mass is 267 g/mol. The summed E-state index contributed by atoms with van der Waals surface area (Å²) in [7, 11) is 1.62. The van der Waals surface area contributed by atoms with Crippen LogP contribution in [0.3, 0.4) is 0 Å². The van der Waals surface area contributed by atoms with Gasteiger partial charge in [-0.05, 0) is 18.8 Å². The fourth-order valence-electron chi connectivity index (χ4n) is 3.04. The van der Waals surface area contributed by atoms with Crippen molar-refractivity contribution in [1.82, 2.24) is 4.90 Å². The average Bonchev–Trinajstić information content (AvgIpc) is 2.70. The topological polar surface area (TPSA) is 67.9 Å². The molecule has 5 heteroatoms. The van der Waals surface area contributed by atoms with Gasteiger partial charge in [0, 0.05) is 7.11 Å². The predicted octanol–water partition coefficient (Wildman–Crippen LogP) is 1.52. The molecule has 108 valence electrons. The summed E-state index contributed by atoms with van der Waals surface area (Å²) in [5.74, 6) is 1.19. The van der Waals surface area contributed by atoms with Crippen LogP contribution in [-0.2, 0) is 9.53 Å². The van der Waals surface area contributed by atoms with E-state index in [1.807, 2.05) is 0 Å². The van der Waals surface area contributed by atoms with Gasteiger partial charge in [-0.3, -0.25) is 9.69 Å². The Morgan fingerprint density at radius 2 is 2.05 bits per heavy atom. The maximum Gasteiger partial charge on any atom is 0.254 e. The van der Waals surface area contributed by atoms with Gasteiger partial charge in [0.25, 0.3) is 5.91 Å². The molecule has 1 amide bonds. The highest BCUT2D eigenvalue weighted by atomic mass is 16.5. The van der Waals surface area contributed by atoms with Gasteiger partial charge in [-0.15, -0.1) is 0 Å². The maximum absolute atomic E-state index is 12.2. The molecule has 0 bridgehead atoms. The van der Waals surface area contributed by atoms with Crippen molar-refractivity contribution in [3.63, 3.8) is 0 Å².